The van der Waals surface area contributed by atoms with Crippen LogP contribution < -0.4 is 0 Å². The van der Waals surface area contributed by atoms with Crippen LogP contribution in [0.15, 0.2) is 10.8 Å². The van der Waals surface area contributed by atoms with E-state index in [0.29, 0.717) is 0 Å². The summed E-state index contributed by atoms with van der Waals surface area (Å²) >= 11 is 0. The van der Waals surface area contributed by atoms with Crippen LogP contribution in [0, 0.1) is 6.92 Å². The largest absolute Gasteiger partial charge is 0.428 e. The third kappa shape index (κ3) is 6.56. The van der Waals surface area contributed by atoms with Gasteiger partial charge in [-0.1, -0.05) is 26.2 Å². The lowest BCUT2D eigenvalue weighted by Crippen LogP contribution is -1.98. The van der Waals surface area contributed by atoms with Gasteiger partial charge in [0.25, 0.3) is 0 Å². The average Bonchev–Trinajstić information content (AvgIpc) is 2.80. The lowest BCUT2D eigenvalue weighted by molar-refractivity contribution is 0.126. The first kappa shape index (κ1) is 13.2. The minimum Gasteiger partial charge on any atom is -0.428 e. The second-order valence-electron chi connectivity index (χ2n) is 3.82. The fourth-order valence-corrected chi connectivity index (χ4v) is 1.44. The summed E-state index contributed by atoms with van der Waals surface area (Å²) in [4.78, 5) is 0. The molecule has 0 atom stereocenters. The Balaban J connectivity index is 1.78. The highest BCUT2D eigenvalue weighted by Crippen LogP contribution is 2.02. The van der Waals surface area contributed by atoms with E-state index in [1.54, 1.807) is 0 Å². The maximum Gasteiger partial charge on any atom is 0.216 e. The molecule has 1 rings (SSSR count). The molecule has 0 bridgehead atoms. The summed E-state index contributed by atoms with van der Waals surface area (Å²) in [6.45, 7) is 5.52. The highest BCUT2D eigenvalue weighted by molar-refractivity contribution is 4.71. The highest BCUT2D eigenvalue weighted by atomic mass is 16.5. The molecule has 1 heterocycles. The summed E-state index contributed by atoms with van der Waals surface area (Å²) in [5, 5.41) is 7.45. The van der Waals surface area contributed by atoms with Gasteiger partial charge in [-0.2, -0.15) is 0 Å². The summed E-state index contributed by atoms with van der Waals surface area (Å²) in [7, 11) is 0. The number of aromatic nitrogens is 2. The minimum absolute atomic E-state index is 0.718. The predicted octanol–water partition coefficient (Wildman–Crippen LogP) is 2.80. The molecule has 1 radical (unpaired) electrons. The van der Waals surface area contributed by atoms with Crippen molar-refractivity contribution in [3.05, 3.63) is 19.2 Å². The van der Waals surface area contributed by atoms with Crippen LogP contribution in [0.2, 0.25) is 0 Å². The van der Waals surface area contributed by atoms with Gasteiger partial charge in [-0.25, -0.2) is 0 Å². The van der Waals surface area contributed by atoms with Crippen molar-refractivity contribution in [1.29, 1.82) is 0 Å². The molecule has 4 nitrogen and oxygen atoms in total. The van der Waals surface area contributed by atoms with Gasteiger partial charge in [-0.05, 0) is 19.3 Å². The van der Waals surface area contributed by atoms with E-state index >= 15 is 0 Å². The molecule has 0 aliphatic rings. The quantitative estimate of drug-likeness (QED) is 0.574. The van der Waals surface area contributed by atoms with Gasteiger partial charge in [0.15, 0.2) is 0 Å². The molecule has 0 aliphatic carbocycles. The van der Waals surface area contributed by atoms with E-state index in [1.807, 2.05) is 0 Å². The molecule has 0 spiro atoms. The first-order valence-electron chi connectivity index (χ1n) is 6.05. The zero-order valence-electron chi connectivity index (χ0n) is 9.86. The van der Waals surface area contributed by atoms with E-state index in [2.05, 4.69) is 17.1 Å². The second kappa shape index (κ2) is 9.33. The Bertz CT molecular complexity index is 237. The topological polar surface area (TPSA) is 48.2 Å². The summed E-state index contributed by atoms with van der Waals surface area (Å²) in [5.41, 5.74) is 0. The molecule has 0 saturated carbocycles. The van der Waals surface area contributed by atoms with Gasteiger partial charge in [-0.3, -0.25) is 0 Å². The van der Waals surface area contributed by atoms with Crippen LogP contribution in [-0.2, 0) is 11.2 Å². The monoisotopic (exact) mass is 225 g/mol. The Labute approximate surface area is 97.4 Å². The lowest BCUT2D eigenvalue weighted by atomic mass is 10.2. The van der Waals surface area contributed by atoms with Gasteiger partial charge >= 0.3 is 0 Å². The summed E-state index contributed by atoms with van der Waals surface area (Å²) in [6.07, 6.45) is 8.94. The van der Waals surface area contributed by atoms with Gasteiger partial charge in [0, 0.05) is 19.6 Å². The third-order valence-corrected chi connectivity index (χ3v) is 2.37. The third-order valence-electron chi connectivity index (χ3n) is 2.37. The van der Waals surface area contributed by atoms with E-state index in [1.165, 1.54) is 19.2 Å². The molecule has 0 fully saturated rings. The van der Waals surface area contributed by atoms with Crippen molar-refractivity contribution in [2.45, 2.75) is 44.9 Å². The van der Waals surface area contributed by atoms with Crippen molar-refractivity contribution < 1.29 is 9.15 Å². The minimum atomic E-state index is 0.718. The van der Waals surface area contributed by atoms with E-state index in [9.17, 15) is 0 Å². The molecule has 16 heavy (non-hydrogen) atoms. The van der Waals surface area contributed by atoms with Crippen molar-refractivity contribution >= 4 is 0 Å². The molecular formula is C12H21N2O2. The van der Waals surface area contributed by atoms with Crippen LogP contribution >= 0.6 is 0 Å². The van der Waals surface area contributed by atoms with Gasteiger partial charge in [0.05, 0.1) is 0 Å². The molecule has 4 heteroatoms. The molecule has 0 N–H and O–H groups in total. The number of aryl methyl sites for hydroxylation is 1. The van der Waals surface area contributed by atoms with Crippen LogP contribution in [0.1, 0.15) is 44.4 Å². The molecule has 0 saturated heterocycles. The fourth-order valence-electron chi connectivity index (χ4n) is 1.44. The van der Waals surface area contributed by atoms with Crippen LogP contribution in [0.5, 0.6) is 0 Å². The Kier molecular flexibility index (Phi) is 7.68. The van der Waals surface area contributed by atoms with Crippen LogP contribution in [0.3, 0.4) is 0 Å². The molecule has 0 unspecified atom stereocenters. The van der Waals surface area contributed by atoms with Gasteiger partial charge in [0.2, 0.25) is 12.3 Å². The molecule has 1 aromatic rings. The standard InChI is InChI=1S/C12H21N2O2/c1-2-3-4-6-9-15-10-7-5-8-12-14-13-11-16-12/h11H,1-10H2. The van der Waals surface area contributed by atoms with Crippen molar-refractivity contribution in [1.82, 2.24) is 10.2 Å². The first-order valence-corrected chi connectivity index (χ1v) is 6.05. The van der Waals surface area contributed by atoms with Gasteiger partial charge in [-0.15, -0.1) is 10.2 Å². The predicted molar refractivity (Wildman–Crippen MR) is 61.9 cm³/mol. The van der Waals surface area contributed by atoms with Crippen molar-refractivity contribution in [2.24, 2.45) is 0 Å². The zero-order valence-corrected chi connectivity index (χ0v) is 9.86. The Hall–Kier alpha value is -0.900. The van der Waals surface area contributed by atoms with Crippen LogP contribution in [0.4, 0.5) is 0 Å². The van der Waals surface area contributed by atoms with Crippen molar-refractivity contribution in [3.63, 3.8) is 0 Å². The van der Waals surface area contributed by atoms with E-state index < -0.39 is 0 Å². The molecule has 1 aromatic heterocycles. The SMILES string of the molecule is [CH2]CCCCCOCCCCc1nnco1. The number of nitrogens with zero attached hydrogens (tertiary/aromatic N) is 2. The fraction of sp³-hybridized carbons (Fsp3) is 0.750. The molecule has 0 aromatic carbocycles. The average molecular weight is 225 g/mol. The molecule has 0 aliphatic heterocycles. The van der Waals surface area contributed by atoms with E-state index in [4.69, 9.17) is 9.15 Å². The molecule has 0 amide bonds. The Morgan fingerprint density at radius 1 is 1.12 bits per heavy atom. The zero-order chi connectivity index (χ0) is 11.5. The van der Waals surface area contributed by atoms with Gasteiger partial charge in [0.1, 0.15) is 0 Å². The normalized spacial score (nSPS) is 10.8. The molecule has 91 valence electrons. The summed E-state index contributed by atoms with van der Waals surface area (Å²) in [6, 6.07) is 0. The van der Waals surface area contributed by atoms with Crippen LogP contribution in [-0.4, -0.2) is 23.4 Å². The van der Waals surface area contributed by atoms with E-state index in [0.717, 1.165) is 51.2 Å². The smallest absolute Gasteiger partial charge is 0.216 e. The number of ether oxygens (including phenoxy) is 1. The molecular weight excluding hydrogens is 204 g/mol. The van der Waals surface area contributed by atoms with Crippen molar-refractivity contribution in [2.75, 3.05) is 13.2 Å². The maximum atomic E-state index is 5.51. The first-order chi connectivity index (χ1) is 7.93. The number of hydrogen-bond donors (Lipinski definition) is 0. The maximum absolute atomic E-state index is 5.51. The number of hydrogen-bond acceptors (Lipinski definition) is 4. The van der Waals surface area contributed by atoms with Crippen molar-refractivity contribution in [3.8, 4) is 0 Å². The lowest BCUT2D eigenvalue weighted by Gasteiger charge is -2.02. The summed E-state index contributed by atoms with van der Waals surface area (Å²) < 4.78 is 10.5. The van der Waals surface area contributed by atoms with E-state index in [-0.39, 0.29) is 0 Å². The van der Waals surface area contributed by atoms with Crippen LogP contribution in [0.25, 0.3) is 0 Å². The Morgan fingerprint density at radius 3 is 2.62 bits per heavy atom. The number of rotatable bonds is 10. The second-order valence-corrected chi connectivity index (χ2v) is 3.82. The Morgan fingerprint density at radius 2 is 1.94 bits per heavy atom. The highest BCUT2D eigenvalue weighted by Gasteiger charge is 1.98. The van der Waals surface area contributed by atoms with Gasteiger partial charge < -0.3 is 9.15 Å². The summed E-state index contributed by atoms with van der Waals surface area (Å²) in [5.74, 6) is 0.718. The number of unbranched alkanes of at least 4 members (excludes halogenated alkanes) is 4.